The highest BCUT2D eigenvalue weighted by atomic mass is 17.2. The molecule has 5 nitrogen and oxygen atoms in total. The van der Waals surface area contributed by atoms with E-state index in [4.69, 9.17) is 14.5 Å². The Hall–Kier alpha value is -0.940. The Morgan fingerprint density at radius 3 is 2.67 bits per heavy atom. The van der Waals surface area contributed by atoms with Crippen LogP contribution in [0.3, 0.4) is 0 Å². The summed E-state index contributed by atoms with van der Waals surface area (Å²) in [7, 11) is 0. The SMILES string of the molecule is CC(=O)O[C@@H]1CC[C@@]23C[C@H]1OO[C@]2(C)C(=O)CCC3(C)C. The van der Waals surface area contributed by atoms with Crippen molar-refractivity contribution in [3.8, 4) is 0 Å². The molecule has 3 aliphatic rings. The van der Waals surface area contributed by atoms with Crippen molar-refractivity contribution in [2.24, 2.45) is 10.8 Å². The second kappa shape index (κ2) is 4.53. The molecule has 0 amide bonds. The van der Waals surface area contributed by atoms with Crippen LogP contribution in [0, 0.1) is 10.8 Å². The maximum Gasteiger partial charge on any atom is 0.302 e. The van der Waals surface area contributed by atoms with Crippen LogP contribution in [0.2, 0.25) is 0 Å². The lowest BCUT2D eigenvalue weighted by atomic mass is 9.45. The van der Waals surface area contributed by atoms with Gasteiger partial charge in [0.1, 0.15) is 12.2 Å². The first kappa shape index (κ1) is 15.0. The van der Waals surface area contributed by atoms with Crippen LogP contribution in [0.4, 0.5) is 0 Å². The summed E-state index contributed by atoms with van der Waals surface area (Å²) in [6.45, 7) is 7.72. The molecule has 0 aromatic heterocycles. The van der Waals surface area contributed by atoms with E-state index in [0.717, 1.165) is 19.3 Å². The molecule has 3 fully saturated rings. The molecule has 0 unspecified atom stereocenters. The molecule has 0 aromatic rings. The third-order valence-corrected chi connectivity index (χ3v) is 6.19. The van der Waals surface area contributed by atoms with Gasteiger partial charge in [-0.2, -0.15) is 0 Å². The van der Waals surface area contributed by atoms with E-state index < -0.39 is 5.60 Å². The van der Waals surface area contributed by atoms with E-state index in [-0.39, 0.29) is 34.8 Å². The van der Waals surface area contributed by atoms with Crippen molar-refractivity contribution in [3.05, 3.63) is 0 Å². The highest BCUT2D eigenvalue weighted by Gasteiger charge is 2.69. The van der Waals surface area contributed by atoms with Crippen LogP contribution < -0.4 is 0 Å². The molecule has 3 rings (SSSR count). The molecule has 1 aliphatic heterocycles. The van der Waals surface area contributed by atoms with Crippen LogP contribution in [0.5, 0.6) is 0 Å². The average molecular weight is 296 g/mol. The number of hydrogen-bond donors (Lipinski definition) is 0. The van der Waals surface area contributed by atoms with Gasteiger partial charge in [0.15, 0.2) is 11.4 Å². The maximum atomic E-state index is 12.5. The van der Waals surface area contributed by atoms with Crippen molar-refractivity contribution >= 4 is 11.8 Å². The first-order valence-electron chi connectivity index (χ1n) is 7.77. The highest BCUT2D eigenvalue weighted by molar-refractivity contribution is 5.89. The zero-order valence-corrected chi connectivity index (χ0v) is 13.2. The van der Waals surface area contributed by atoms with Gasteiger partial charge in [-0.3, -0.25) is 9.59 Å². The third-order valence-electron chi connectivity index (χ3n) is 6.19. The molecule has 5 heteroatoms. The summed E-state index contributed by atoms with van der Waals surface area (Å²) < 4.78 is 5.35. The fourth-order valence-electron chi connectivity index (χ4n) is 4.74. The summed E-state index contributed by atoms with van der Waals surface area (Å²) in [5, 5.41) is 0. The molecule has 2 saturated carbocycles. The minimum atomic E-state index is -0.882. The molecule has 0 radical (unpaired) electrons. The van der Waals surface area contributed by atoms with Crippen LogP contribution in [-0.2, 0) is 24.1 Å². The van der Waals surface area contributed by atoms with Gasteiger partial charge in [0.25, 0.3) is 0 Å². The van der Waals surface area contributed by atoms with Gasteiger partial charge < -0.3 is 4.74 Å². The van der Waals surface area contributed by atoms with Crippen LogP contribution in [-0.4, -0.2) is 29.6 Å². The largest absolute Gasteiger partial charge is 0.460 e. The van der Waals surface area contributed by atoms with Crippen molar-refractivity contribution < 1.29 is 24.1 Å². The second-order valence-electron chi connectivity index (χ2n) is 7.53. The van der Waals surface area contributed by atoms with E-state index in [0.29, 0.717) is 12.8 Å². The van der Waals surface area contributed by atoms with Gasteiger partial charge in [-0.25, -0.2) is 9.78 Å². The number of esters is 1. The molecule has 1 saturated heterocycles. The number of carbonyl (C=O) groups is 2. The van der Waals surface area contributed by atoms with Gasteiger partial charge in [0, 0.05) is 18.8 Å². The summed E-state index contributed by atoms with van der Waals surface area (Å²) >= 11 is 0. The number of Topliss-reactive ketones (excluding diaryl/α,β-unsaturated/α-hetero) is 1. The van der Waals surface area contributed by atoms with E-state index in [2.05, 4.69) is 13.8 Å². The molecular formula is C16H24O5. The average Bonchev–Trinajstić information content (AvgIpc) is 2.41. The maximum absolute atomic E-state index is 12.5. The second-order valence-corrected chi connectivity index (χ2v) is 7.53. The molecule has 2 aliphatic carbocycles. The van der Waals surface area contributed by atoms with Gasteiger partial charge in [-0.15, -0.1) is 0 Å². The van der Waals surface area contributed by atoms with E-state index in [1.807, 2.05) is 6.92 Å². The van der Waals surface area contributed by atoms with Crippen LogP contribution >= 0.6 is 0 Å². The first-order chi connectivity index (χ1) is 9.72. The number of ketones is 1. The lowest BCUT2D eigenvalue weighted by Gasteiger charge is -2.64. The molecule has 118 valence electrons. The van der Waals surface area contributed by atoms with E-state index >= 15 is 0 Å². The number of rotatable bonds is 1. The zero-order valence-electron chi connectivity index (χ0n) is 13.2. The van der Waals surface area contributed by atoms with Crippen LogP contribution in [0.15, 0.2) is 0 Å². The van der Waals surface area contributed by atoms with E-state index in [1.165, 1.54) is 6.92 Å². The minimum absolute atomic E-state index is 0.00111. The fourth-order valence-corrected chi connectivity index (χ4v) is 4.74. The molecular weight excluding hydrogens is 272 g/mol. The molecule has 1 spiro atoms. The topological polar surface area (TPSA) is 61.8 Å². The van der Waals surface area contributed by atoms with Gasteiger partial charge in [-0.05, 0) is 38.0 Å². The Balaban J connectivity index is 1.95. The van der Waals surface area contributed by atoms with Crippen molar-refractivity contribution in [2.75, 3.05) is 0 Å². The Labute approximate surface area is 125 Å². The lowest BCUT2D eigenvalue weighted by Crippen LogP contribution is -2.70. The molecule has 21 heavy (non-hydrogen) atoms. The third kappa shape index (κ3) is 1.90. The number of fused-ring (bicyclic) bond motifs is 1. The zero-order chi connectivity index (χ0) is 15.5. The van der Waals surface area contributed by atoms with Gasteiger partial charge in [0.05, 0.1) is 0 Å². The van der Waals surface area contributed by atoms with E-state index in [1.54, 1.807) is 0 Å². The van der Waals surface area contributed by atoms with Gasteiger partial charge in [0.2, 0.25) is 0 Å². The van der Waals surface area contributed by atoms with Crippen LogP contribution in [0.1, 0.15) is 59.8 Å². The Morgan fingerprint density at radius 1 is 1.29 bits per heavy atom. The summed E-state index contributed by atoms with van der Waals surface area (Å²) in [5.41, 5.74) is -1.12. The molecule has 0 aromatic carbocycles. The summed E-state index contributed by atoms with van der Waals surface area (Å²) in [5.74, 6) is -0.168. The van der Waals surface area contributed by atoms with Gasteiger partial charge >= 0.3 is 5.97 Å². The first-order valence-corrected chi connectivity index (χ1v) is 7.77. The fraction of sp³-hybridized carbons (Fsp3) is 0.875. The normalized spacial score (nSPS) is 44.9. The molecule has 1 heterocycles. The van der Waals surface area contributed by atoms with Crippen molar-refractivity contribution in [1.82, 2.24) is 0 Å². The predicted octanol–water partition coefficient (Wildman–Crippen LogP) is 2.57. The minimum Gasteiger partial charge on any atom is -0.460 e. The van der Waals surface area contributed by atoms with E-state index in [9.17, 15) is 9.59 Å². The molecule has 0 N–H and O–H groups in total. The summed E-state index contributed by atoms with van der Waals surface area (Å²) in [6.07, 6.45) is 3.11. The van der Waals surface area contributed by atoms with Crippen molar-refractivity contribution in [3.63, 3.8) is 0 Å². The Morgan fingerprint density at radius 2 is 2.00 bits per heavy atom. The van der Waals surface area contributed by atoms with Crippen molar-refractivity contribution in [2.45, 2.75) is 77.6 Å². The summed E-state index contributed by atoms with van der Waals surface area (Å²) in [6, 6.07) is 0. The van der Waals surface area contributed by atoms with Crippen molar-refractivity contribution in [1.29, 1.82) is 0 Å². The quantitative estimate of drug-likeness (QED) is 0.550. The monoisotopic (exact) mass is 296 g/mol. The number of carbonyl (C=O) groups excluding carboxylic acids is 2. The summed E-state index contributed by atoms with van der Waals surface area (Å²) in [4.78, 5) is 34.9. The Kier molecular flexibility index (Phi) is 3.23. The molecule has 2 bridgehead atoms. The number of hydrogen-bond acceptors (Lipinski definition) is 5. The smallest absolute Gasteiger partial charge is 0.302 e. The lowest BCUT2D eigenvalue weighted by molar-refractivity contribution is -0.456. The Bertz CT molecular complexity index is 485. The van der Waals surface area contributed by atoms with Gasteiger partial charge in [-0.1, -0.05) is 13.8 Å². The predicted molar refractivity (Wildman–Crippen MR) is 74.2 cm³/mol. The number of ether oxygens (including phenoxy) is 1. The standard InChI is InChI=1S/C16H24O5/c1-10(17)19-11-5-8-16-9-12(11)20-21-15(16,4)13(18)6-7-14(16,2)3/h11-12H,5-9H2,1-4H3/t11-,12-,15-,16+/m1/s1. The highest BCUT2D eigenvalue weighted by Crippen LogP contribution is 2.64. The molecule has 4 atom stereocenters. The van der Waals surface area contributed by atoms with Crippen LogP contribution in [0.25, 0.3) is 0 Å².